The average Bonchev–Trinajstić information content (AvgIpc) is 2.95. The van der Waals surface area contributed by atoms with E-state index in [4.69, 9.17) is 12.2 Å². The second-order valence-corrected chi connectivity index (χ2v) is 8.09. The number of nitrogens with zero attached hydrogens (tertiary/aromatic N) is 3. The first-order chi connectivity index (χ1) is 11.6. The summed E-state index contributed by atoms with van der Waals surface area (Å²) in [4.78, 5) is 14.8. The molecule has 0 bridgehead atoms. The van der Waals surface area contributed by atoms with E-state index in [1.807, 2.05) is 11.6 Å². The minimum atomic E-state index is 0.297. The molecule has 1 saturated heterocycles. The molecule has 1 amide bonds. The summed E-state index contributed by atoms with van der Waals surface area (Å²) in [5.41, 5.74) is 0. The molecular weight excluding hydrogens is 320 g/mol. The first kappa shape index (κ1) is 17.6. The largest absolute Gasteiger partial charge is 0.342 e. The fourth-order valence-electron chi connectivity index (χ4n) is 4.41. The van der Waals surface area contributed by atoms with Gasteiger partial charge < -0.3 is 9.47 Å². The van der Waals surface area contributed by atoms with E-state index in [0.29, 0.717) is 28.9 Å². The predicted molar refractivity (Wildman–Crippen MR) is 97.3 cm³/mol. The van der Waals surface area contributed by atoms with Crippen molar-refractivity contribution in [1.29, 1.82) is 0 Å². The molecule has 24 heavy (non-hydrogen) atoms. The van der Waals surface area contributed by atoms with Crippen LogP contribution in [0.25, 0.3) is 0 Å². The Morgan fingerprint density at radius 3 is 2.71 bits per heavy atom. The van der Waals surface area contributed by atoms with E-state index >= 15 is 0 Å². The zero-order valence-corrected chi connectivity index (χ0v) is 15.8. The molecule has 2 fully saturated rings. The maximum Gasteiger partial charge on any atom is 0.222 e. The number of amides is 1. The van der Waals surface area contributed by atoms with Crippen LogP contribution in [0.2, 0.25) is 0 Å². The number of H-pyrrole nitrogens is 1. The van der Waals surface area contributed by atoms with E-state index in [0.717, 1.165) is 37.7 Å². The van der Waals surface area contributed by atoms with Crippen molar-refractivity contribution in [3.63, 3.8) is 0 Å². The second-order valence-electron chi connectivity index (χ2n) is 7.70. The molecule has 6 heteroatoms. The molecule has 1 aromatic rings. The molecule has 1 aromatic heterocycles. The van der Waals surface area contributed by atoms with E-state index in [1.54, 1.807) is 0 Å². The molecule has 134 valence electrons. The molecule has 0 spiro atoms. The van der Waals surface area contributed by atoms with Gasteiger partial charge in [-0.3, -0.25) is 9.89 Å². The van der Waals surface area contributed by atoms with Crippen LogP contribution in [-0.2, 0) is 11.8 Å². The minimum absolute atomic E-state index is 0.297. The molecular formula is C18H30N4OS. The number of likely N-dealkylation sites (tertiary alicyclic amines) is 1. The SMILES string of the molecule is CC(CC(=O)N1CCCC(c2n[nH]c(=S)n2C)C1)C1CCCCC1. The number of hydrogen-bond donors (Lipinski definition) is 1. The van der Waals surface area contributed by atoms with Crippen molar-refractivity contribution < 1.29 is 4.79 Å². The van der Waals surface area contributed by atoms with Crippen molar-refractivity contribution in [2.75, 3.05) is 13.1 Å². The molecule has 2 heterocycles. The molecule has 0 radical (unpaired) electrons. The van der Waals surface area contributed by atoms with Gasteiger partial charge in [0.25, 0.3) is 0 Å². The molecule has 2 aliphatic rings. The highest BCUT2D eigenvalue weighted by Crippen LogP contribution is 2.32. The van der Waals surface area contributed by atoms with Crippen LogP contribution >= 0.6 is 12.2 Å². The van der Waals surface area contributed by atoms with Gasteiger partial charge in [0.15, 0.2) is 4.77 Å². The number of piperidine rings is 1. The van der Waals surface area contributed by atoms with E-state index in [-0.39, 0.29) is 0 Å². The van der Waals surface area contributed by atoms with E-state index in [2.05, 4.69) is 22.0 Å². The maximum atomic E-state index is 12.8. The molecule has 1 N–H and O–H groups in total. The third-order valence-corrected chi connectivity index (χ3v) is 6.37. The Morgan fingerprint density at radius 2 is 2.04 bits per heavy atom. The summed E-state index contributed by atoms with van der Waals surface area (Å²) < 4.78 is 2.60. The molecule has 1 saturated carbocycles. The van der Waals surface area contributed by atoms with Crippen molar-refractivity contribution >= 4 is 18.1 Å². The number of rotatable bonds is 4. The van der Waals surface area contributed by atoms with Crippen molar-refractivity contribution in [2.45, 2.75) is 64.2 Å². The molecule has 5 nitrogen and oxygen atoms in total. The topological polar surface area (TPSA) is 53.9 Å². The number of hydrogen-bond acceptors (Lipinski definition) is 3. The van der Waals surface area contributed by atoms with Crippen LogP contribution in [0, 0.1) is 16.6 Å². The Morgan fingerprint density at radius 1 is 1.29 bits per heavy atom. The summed E-state index contributed by atoms with van der Waals surface area (Å²) in [6, 6.07) is 0. The fourth-order valence-corrected chi connectivity index (χ4v) is 4.55. The number of aromatic amines is 1. The van der Waals surface area contributed by atoms with Crippen LogP contribution in [0.15, 0.2) is 0 Å². The van der Waals surface area contributed by atoms with Crippen LogP contribution in [0.3, 0.4) is 0 Å². The highest BCUT2D eigenvalue weighted by Gasteiger charge is 2.29. The summed E-state index contributed by atoms with van der Waals surface area (Å²) >= 11 is 5.22. The zero-order chi connectivity index (χ0) is 17.1. The zero-order valence-electron chi connectivity index (χ0n) is 15.0. The van der Waals surface area contributed by atoms with E-state index in [1.165, 1.54) is 32.1 Å². The van der Waals surface area contributed by atoms with Crippen LogP contribution in [0.1, 0.15) is 70.0 Å². The Kier molecular flexibility index (Phi) is 5.74. The molecule has 3 rings (SSSR count). The lowest BCUT2D eigenvalue weighted by Crippen LogP contribution is -2.40. The number of carbonyl (C=O) groups is 1. The average molecular weight is 351 g/mol. The van der Waals surface area contributed by atoms with Crippen LogP contribution in [0.5, 0.6) is 0 Å². The van der Waals surface area contributed by atoms with Crippen LogP contribution in [-0.4, -0.2) is 38.7 Å². The molecule has 2 unspecified atom stereocenters. The third kappa shape index (κ3) is 3.90. The lowest BCUT2D eigenvalue weighted by atomic mass is 9.79. The number of carbonyl (C=O) groups excluding carboxylic acids is 1. The van der Waals surface area contributed by atoms with Gasteiger partial charge in [-0.05, 0) is 36.9 Å². The summed E-state index contributed by atoms with van der Waals surface area (Å²) in [6.45, 7) is 3.94. The van der Waals surface area contributed by atoms with Gasteiger partial charge in [-0.25, -0.2) is 0 Å². The smallest absolute Gasteiger partial charge is 0.222 e. The Bertz CT molecular complexity index is 617. The number of nitrogens with one attached hydrogen (secondary N) is 1. The molecule has 0 aromatic carbocycles. The van der Waals surface area contributed by atoms with Crippen molar-refractivity contribution in [1.82, 2.24) is 19.7 Å². The molecule has 2 atom stereocenters. The lowest BCUT2D eigenvalue weighted by molar-refractivity contribution is -0.133. The van der Waals surface area contributed by atoms with E-state index in [9.17, 15) is 4.79 Å². The maximum absolute atomic E-state index is 12.8. The van der Waals surface area contributed by atoms with Gasteiger partial charge in [-0.2, -0.15) is 5.10 Å². The van der Waals surface area contributed by atoms with Gasteiger partial charge in [0.1, 0.15) is 5.82 Å². The summed E-state index contributed by atoms with van der Waals surface area (Å²) in [7, 11) is 1.95. The predicted octanol–water partition coefficient (Wildman–Crippen LogP) is 3.79. The van der Waals surface area contributed by atoms with Gasteiger partial charge in [0.05, 0.1) is 0 Å². The highest BCUT2D eigenvalue weighted by atomic mass is 32.1. The number of aromatic nitrogens is 3. The summed E-state index contributed by atoms with van der Waals surface area (Å²) in [5, 5.41) is 7.24. The highest BCUT2D eigenvalue weighted by molar-refractivity contribution is 7.71. The van der Waals surface area contributed by atoms with Gasteiger partial charge in [-0.15, -0.1) is 0 Å². The van der Waals surface area contributed by atoms with Crippen molar-refractivity contribution in [3.05, 3.63) is 10.6 Å². The van der Waals surface area contributed by atoms with Gasteiger partial charge in [-0.1, -0.05) is 39.0 Å². The minimum Gasteiger partial charge on any atom is -0.342 e. The summed E-state index contributed by atoms with van der Waals surface area (Å²) in [5.74, 6) is 2.87. The van der Waals surface area contributed by atoms with Crippen LogP contribution < -0.4 is 0 Å². The third-order valence-electron chi connectivity index (χ3n) is 6.00. The monoisotopic (exact) mass is 350 g/mol. The normalized spacial score (nSPS) is 24.1. The standard InChI is InChI=1S/C18H30N4OS/c1-13(14-7-4-3-5-8-14)11-16(23)22-10-6-9-15(12-22)17-19-20-18(24)21(17)2/h13-15H,3-12H2,1-2H3,(H,20,24). The first-order valence-electron chi connectivity index (χ1n) is 9.45. The Hall–Kier alpha value is -1.17. The van der Waals surface area contributed by atoms with Gasteiger partial charge in [0, 0.05) is 32.5 Å². The Labute approximate surface area is 149 Å². The molecule has 1 aliphatic carbocycles. The van der Waals surface area contributed by atoms with Crippen molar-refractivity contribution in [2.24, 2.45) is 18.9 Å². The quantitative estimate of drug-likeness (QED) is 0.841. The lowest BCUT2D eigenvalue weighted by Gasteiger charge is -2.34. The second kappa shape index (κ2) is 7.81. The molecule has 1 aliphatic heterocycles. The Balaban J connectivity index is 1.58. The summed E-state index contributed by atoms with van der Waals surface area (Å²) in [6.07, 6.45) is 9.50. The first-order valence-corrected chi connectivity index (χ1v) is 9.86. The van der Waals surface area contributed by atoms with Gasteiger partial charge in [0.2, 0.25) is 5.91 Å². The van der Waals surface area contributed by atoms with Crippen molar-refractivity contribution in [3.8, 4) is 0 Å². The van der Waals surface area contributed by atoms with Crippen LogP contribution in [0.4, 0.5) is 0 Å². The van der Waals surface area contributed by atoms with E-state index < -0.39 is 0 Å². The van der Waals surface area contributed by atoms with Gasteiger partial charge >= 0.3 is 0 Å². The fraction of sp³-hybridized carbons (Fsp3) is 0.833.